The molecule has 0 atom stereocenters. The molecule has 0 aliphatic rings. The van der Waals surface area contributed by atoms with Crippen LogP contribution in [0.5, 0.6) is 0 Å². The number of carbonyl (C=O) groups excluding carboxylic acids is 1. The van der Waals surface area contributed by atoms with Gasteiger partial charge in [0.1, 0.15) is 5.60 Å². The lowest BCUT2D eigenvalue weighted by Gasteiger charge is -2.20. The van der Waals surface area contributed by atoms with E-state index in [9.17, 15) is 4.79 Å². The molecule has 2 aromatic rings. The Bertz CT molecular complexity index is 832. The Balaban J connectivity index is 2.17. The number of carbonyl (C=O) groups is 1. The molecule has 1 amide bonds. The Morgan fingerprint density at radius 1 is 1.14 bits per heavy atom. The first-order valence-electron chi connectivity index (χ1n) is 9.61. The number of ether oxygens (including phenoxy) is 1. The van der Waals surface area contributed by atoms with Gasteiger partial charge in [-0.2, -0.15) is 0 Å². The lowest BCUT2D eigenvalue weighted by atomic mass is 10.1. The summed E-state index contributed by atoms with van der Waals surface area (Å²) in [4.78, 5) is 16.5. The fourth-order valence-electron chi connectivity index (χ4n) is 2.55. The number of nitrogens with one attached hydrogen (secondary N) is 2. The van der Waals surface area contributed by atoms with Gasteiger partial charge in [0.25, 0.3) is 0 Å². The van der Waals surface area contributed by atoms with Gasteiger partial charge in [-0.05, 0) is 55.9 Å². The molecule has 156 valence electrons. The highest BCUT2D eigenvalue weighted by atomic mass is 32.2. The molecule has 2 aromatic carbocycles. The Hall–Kier alpha value is -2.67. The second-order valence-electron chi connectivity index (χ2n) is 7.42. The highest BCUT2D eigenvalue weighted by molar-refractivity contribution is 8.13. The average Bonchev–Trinajstić information content (AvgIpc) is 2.65. The van der Waals surface area contributed by atoms with Gasteiger partial charge >= 0.3 is 6.09 Å². The third kappa shape index (κ3) is 8.48. The van der Waals surface area contributed by atoms with Gasteiger partial charge in [-0.15, -0.1) is 0 Å². The Labute approximate surface area is 177 Å². The molecule has 0 aromatic heterocycles. The number of alkyl carbamates (subject to hydrolysis) is 1. The van der Waals surface area contributed by atoms with Gasteiger partial charge in [0, 0.05) is 18.8 Å². The summed E-state index contributed by atoms with van der Waals surface area (Å²) >= 11 is 1.49. The highest BCUT2D eigenvalue weighted by Crippen LogP contribution is 2.24. The summed E-state index contributed by atoms with van der Waals surface area (Å²) in [5, 5.41) is 6.76. The number of hydrogen-bond acceptors (Lipinski definition) is 5. The van der Waals surface area contributed by atoms with Crippen molar-refractivity contribution >= 4 is 34.4 Å². The number of anilines is 1. The van der Waals surface area contributed by atoms with E-state index >= 15 is 0 Å². The lowest BCUT2D eigenvalue weighted by Crippen LogP contribution is -2.32. The van der Waals surface area contributed by atoms with Crippen molar-refractivity contribution in [2.45, 2.75) is 46.4 Å². The minimum Gasteiger partial charge on any atom is -0.444 e. The summed E-state index contributed by atoms with van der Waals surface area (Å²) in [6, 6.07) is 15.9. The summed E-state index contributed by atoms with van der Waals surface area (Å²) in [5.41, 5.74) is 9.14. The summed E-state index contributed by atoms with van der Waals surface area (Å²) in [7, 11) is 0. The number of thioether (sulfide) groups is 1. The van der Waals surface area contributed by atoms with Crippen LogP contribution in [0.25, 0.3) is 0 Å². The summed E-state index contributed by atoms with van der Waals surface area (Å²) in [6.45, 7) is 8.53. The monoisotopic (exact) mass is 414 g/mol. The molecule has 0 fully saturated rings. The van der Waals surface area contributed by atoms with Gasteiger partial charge in [-0.25, -0.2) is 9.79 Å². The van der Waals surface area contributed by atoms with Crippen molar-refractivity contribution in [2.24, 2.45) is 10.7 Å². The minimum absolute atomic E-state index is 0.316. The van der Waals surface area contributed by atoms with Crippen molar-refractivity contribution in [2.75, 3.05) is 11.1 Å². The molecular formula is C22H30N4O2S. The van der Waals surface area contributed by atoms with Crippen LogP contribution in [0.4, 0.5) is 16.2 Å². The standard InChI is InChI=1S/C22H30N4O2S/c1-5-29-20(23)26-18-11-12-19(24-14-16-9-7-6-8-10-16)17(13-18)15-25-21(27)28-22(2,3)4/h6-13,24H,5,14-15H2,1-4H3,(H2,23,26)(H,25,27). The smallest absolute Gasteiger partial charge is 0.407 e. The van der Waals surface area contributed by atoms with Gasteiger partial charge in [0.05, 0.1) is 5.69 Å². The maximum absolute atomic E-state index is 12.1. The number of nitrogens with two attached hydrogens (primary N) is 1. The molecule has 0 radical (unpaired) electrons. The Morgan fingerprint density at radius 3 is 2.52 bits per heavy atom. The molecule has 0 saturated carbocycles. The van der Waals surface area contributed by atoms with Crippen molar-refractivity contribution in [1.29, 1.82) is 0 Å². The molecule has 4 N–H and O–H groups in total. The Morgan fingerprint density at radius 2 is 1.86 bits per heavy atom. The summed E-state index contributed by atoms with van der Waals surface area (Å²) in [5.74, 6) is 0.860. The van der Waals surface area contributed by atoms with E-state index in [1.165, 1.54) is 17.3 Å². The van der Waals surface area contributed by atoms with Crippen molar-refractivity contribution in [3.8, 4) is 0 Å². The second-order valence-corrected chi connectivity index (χ2v) is 8.70. The largest absolute Gasteiger partial charge is 0.444 e. The number of nitrogens with zero attached hydrogens (tertiary/aromatic N) is 1. The maximum Gasteiger partial charge on any atom is 0.407 e. The van der Waals surface area contributed by atoms with Crippen molar-refractivity contribution in [1.82, 2.24) is 5.32 Å². The van der Waals surface area contributed by atoms with Gasteiger partial charge in [0.15, 0.2) is 5.17 Å². The van der Waals surface area contributed by atoms with Crippen LogP contribution < -0.4 is 16.4 Å². The molecule has 0 aliphatic heterocycles. The summed E-state index contributed by atoms with van der Waals surface area (Å²) in [6.07, 6.45) is -0.457. The van der Waals surface area contributed by atoms with Crippen LogP contribution in [0, 0.1) is 0 Å². The van der Waals surface area contributed by atoms with Crippen molar-refractivity contribution in [3.05, 3.63) is 59.7 Å². The topological polar surface area (TPSA) is 88.7 Å². The second kappa shape index (κ2) is 10.8. The number of aliphatic imine (C=N–C) groups is 1. The van der Waals surface area contributed by atoms with Crippen LogP contribution in [0.15, 0.2) is 53.5 Å². The first-order chi connectivity index (χ1) is 13.8. The zero-order chi connectivity index (χ0) is 21.3. The average molecular weight is 415 g/mol. The zero-order valence-corrected chi connectivity index (χ0v) is 18.3. The van der Waals surface area contributed by atoms with E-state index in [2.05, 4.69) is 27.8 Å². The predicted molar refractivity (Wildman–Crippen MR) is 123 cm³/mol. The van der Waals surface area contributed by atoms with Crippen LogP contribution in [0.3, 0.4) is 0 Å². The number of rotatable bonds is 7. The normalized spacial score (nSPS) is 11.8. The number of amides is 1. The zero-order valence-electron chi connectivity index (χ0n) is 17.5. The van der Waals surface area contributed by atoms with Crippen LogP contribution >= 0.6 is 11.8 Å². The van der Waals surface area contributed by atoms with Crippen LogP contribution in [0.2, 0.25) is 0 Å². The molecule has 29 heavy (non-hydrogen) atoms. The third-order valence-electron chi connectivity index (χ3n) is 3.77. The highest BCUT2D eigenvalue weighted by Gasteiger charge is 2.16. The molecule has 0 unspecified atom stereocenters. The quantitative estimate of drug-likeness (QED) is 0.437. The van der Waals surface area contributed by atoms with Crippen LogP contribution in [0.1, 0.15) is 38.8 Å². The lowest BCUT2D eigenvalue weighted by molar-refractivity contribution is 0.0523. The molecule has 0 heterocycles. The first-order valence-corrected chi connectivity index (χ1v) is 10.6. The van der Waals surface area contributed by atoms with Crippen LogP contribution in [-0.2, 0) is 17.8 Å². The van der Waals surface area contributed by atoms with E-state index in [0.717, 1.165) is 22.7 Å². The Kier molecular flexibility index (Phi) is 8.39. The number of benzene rings is 2. The SMILES string of the molecule is CCSC(N)=Nc1ccc(NCc2ccccc2)c(CNC(=O)OC(C)(C)C)c1. The predicted octanol–water partition coefficient (Wildman–Crippen LogP) is 5.02. The fraction of sp³-hybridized carbons (Fsp3) is 0.364. The van der Waals surface area contributed by atoms with E-state index in [4.69, 9.17) is 10.5 Å². The van der Waals surface area contributed by atoms with E-state index in [-0.39, 0.29) is 0 Å². The molecule has 7 heteroatoms. The molecule has 0 saturated heterocycles. The minimum atomic E-state index is -0.545. The van der Waals surface area contributed by atoms with Crippen molar-refractivity contribution in [3.63, 3.8) is 0 Å². The molecule has 0 bridgehead atoms. The maximum atomic E-state index is 12.1. The van der Waals surface area contributed by atoms with Crippen molar-refractivity contribution < 1.29 is 9.53 Å². The van der Waals surface area contributed by atoms with Crippen LogP contribution in [-0.4, -0.2) is 22.6 Å². The van der Waals surface area contributed by atoms with Gasteiger partial charge < -0.3 is 21.1 Å². The van der Waals surface area contributed by atoms with E-state index in [1.807, 2.05) is 64.1 Å². The number of hydrogen-bond donors (Lipinski definition) is 3. The molecule has 6 nitrogen and oxygen atoms in total. The summed E-state index contributed by atoms with van der Waals surface area (Å²) < 4.78 is 5.33. The third-order valence-corrected chi connectivity index (χ3v) is 4.44. The van der Waals surface area contributed by atoms with Gasteiger partial charge in [-0.1, -0.05) is 49.0 Å². The van der Waals surface area contributed by atoms with Gasteiger partial charge in [-0.3, -0.25) is 0 Å². The van der Waals surface area contributed by atoms with E-state index in [1.54, 1.807) is 0 Å². The van der Waals surface area contributed by atoms with Gasteiger partial charge in [0.2, 0.25) is 0 Å². The van der Waals surface area contributed by atoms with E-state index < -0.39 is 11.7 Å². The fourth-order valence-corrected chi connectivity index (χ4v) is 3.02. The van der Waals surface area contributed by atoms with E-state index in [0.29, 0.717) is 18.3 Å². The molecular weight excluding hydrogens is 384 g/mol. The molecule has 2 rings (SSSR count). The molecule has 0 aliphatic carbocycles. The number of amidine groups is 1. The molecule has 0 spiro atoms. The first kappa shape index (κ1) is 22.6.